The Hall–Kier alpha value is 0.0300. The van der Waals surface area contributed by atoms with Gasteiger partial charge in [-0.2, -0.15) is 0 Å². The van der Waals surface area contributed by atoms with Crippen molar-refractivity contribution in [3.05, 3.63) is 0 Å². The highest BCUT2D eigenvalue weighted by molar-refractivity contribution is 9.09. The van der Waals surface area contributed by atoms with Crippen LogP contribution in [0.3, 0.4) is 0 Å². The molecular weight excluding hydrogens is 312 g/mol. The van der Waals surface area contributed by atoms with Gasteiger partial charge in [0.25, 0.3) is 0 Å². The second kappa shape index (κ2) is 3.26. The van der Waals surface area contributed by atoms with Crippen LogP contribution in [-0.4, -0.2) is 40.8 Å². The lowest BCUT2D eigenvalue weighted by Crippen LogP contribution is -2.54. The summed E-state index contributed by atoms with van der Waals surface area (Å²) in [6.07, 6.45) is 0.833. The minimum Gasteiger partial charge on any atom is -0.370 e. The zero-order valence-electron chi connectivity index (χ0n) is 10.9. The maximum absolute atomic E-state index is 12.8. The molecule has 5 fully saturated rings. The molecular formula is C14H17BrO4. The Morgan fingerprint density at radius 2 is 1.95 bits per heavy atom. The third-order valence-corrected chi connectivity index (χ3v) is 7.02. The van der Waals surface area contributed by atoms with Crippen LogP contribution in [0.2, 0.25) is 0 Å². The van der Waals surface area contributed by atoms with Crippen molar-refractivity contribution in [3.63, 3.8) is 0 Å². The highest BCUT2D eigenvalue weighted by Crippen LogP contribution is 2.65. The first-order valence-corrected chi connectivity index (χ1v) is 8.08. The third kappa shape index (κ3) is 1.20. The molecule has 104 valence electrons. The number of halogens is 1. The predicted octanol–water partition coefficient (Wildman–Crippen LogP) is 1.50. The van der Waals surface area contributed by atoms with E-state index in [1.165, 1.54) is 0 Å². The summed E-state index contributed by atoms with van der Waals surface area (Å²) in [5.74, 6) is 1.07. The van der Waals surface area contributed by atoms with Crippen LogP contribution in [0.1, 0.15) is 20.3 Å². The van der Waals surface area contributed by atoms with E-state index in [1.807, 2.05) is 13.8 Å². The summed E-state index contributed by atoms with van der Waals surface area (Å²) in [7, 11) is 0. The number of ketones is 1. The summed E-state index contributed by atoms with van der Waals surface area (Å²) in [5.41, 5.74) is 0. The summed E-state index contributed by atoms with van der Waals surface area (Å²) in [5, 5.41) is 0. The second-order valence-corrected chi connectivity index (χ2v) is 8.16. The normalized spacial score (nSPS) is 63.7. The van der Waals surface area contributed by atoms with Gasteiger partial charge in [0.2, 0.25) is 0 Å². The summed E-state index contributed by atoms with van der Waals surface area (Å²) >= 11 is 3.76. The molecule has 2 aliphatic heterocycles. The summed E-state index contributed by atoms with van der Waals surface area (Å²) in [4.78, 5) is 13.1. The number of ether oxygens (including phenoxy) is 3. The standard InChI is InChI=1S/C14H17BrO4/c1-14(2)18-12-9(16)6-4-3-5-7(6)11(13(12)19-14)17-10(5)8(4)15/h4-8,10-13H,3H2,1-2H3/t4-,5+,6-,7+,8-,10-,11+,12+,13-/m0/s1. The van der Waals surface area contributed by atoms with Crippen LogP contribution in [0.5, 0.6) is 0 Å². The van der Waals surface area contributed by atoms with E-state index in [2.05, 4.69) is 15.9 Å². The third-order valence-electron chi connectivity index (χ3n) is 5.81. The van der Waals surface area contributed by atoms with E-state index < -0.39 is 11.9 Å². The maximum atomic E-state index is 12.8. The molecule has 0 spiro atoms. The van der Waals surface area contributed by atoms with Gasteiger partial charge in [0.15, 0.2) is 11.6 Å². The molecule has 5 heteroatoms. The van der Waals surface area contributed by atoms with Gasteiger partial charge >= 0.3 is 0 Å². The number of fused-ring (bicyclic) bond motifs is 4. The Kier molecular flexibility index (Phi) is 2.00. The van der Waals surface area contributed by atoms with Crippen molar-refractivity contribution in [3.8, 4) is 0 Å². The van der Waals surface area contributed by atoms with Crippen LogP contribution in [-0.2, 0) is 19.0 Å². The fourth-order valence-corrected chi connectivity index (χ4v) is 6.42. The molecule has 2 bridgehead atoms. The maximum Gasteiger partial charge on any atom is 0.168 e. The van der Waals surface area contributed by atoms with Crippen molar-refractivity contribution < 1.29 is 19.0 Å². The summed E-state index contributed by atoms with van der Waals surface area (Å²) < 4.78 is 18.1. The molecule has 0 amide bonds. The molecule has 0 aromatic carbocycles. The first-order valence-electron chi connectivity index (χ1n) is 7.17. The van der Waals surface area contributed by atoms with Gasteiger partial charge < -0.3 is 14.2 Å². The Bertz CT molecular complexity index is 478. The van der Waals surface area contributed by atoms with E-state index in [-0.39, 0.29) is 30.0 Å². The Labute approximate surface area is 120 Å². The number of rotatable bonds is 0. The molecule has 4 nitrogen and oxygen atoms in total. The molecule has 0 aromatic rings. The molecule has 0 radical (unpaired) electrons. The van der Waals surface area contributed by atoms with Crippen molar-refractivity contribution in [2.45, 2.75) is 55.3 Å². The zero-order chi connectivity index (χ0) is 13.1. The average Bonchev–Trinajstić information content (AvgIpc) is 2.98. The Morgan fingerprint density at radius 3 is 2.74 bits per heavy atom. The monoisotopic (exact) mass is 328 g/mol. The fourth-order valence-electron chi connectivity index (χ4n) is 5.36. The Balaban J connectivity index is 1.61. The predicted molar refractivity (Wildman–Crippen MR) is 68.8 cm³/mol. The van der Waals surface area contributed by atoms with Gasteiger partial charge in [-0.05, 0) is 32.1 Å². The highest BCUT2D eigenvalue weighted by atomic mass is 79.9. The number of hydrogen-bond donors (Lipinski definition) is 0. The van der Waals surface area contributed by atoms with Gasteiger partial charge in [0.1, 0.15) is 12.2 Å². The number of hydrogen-bond acceptors (Lipinski definition) is 4. The number of alkyl halides is 1. The molecule has 5 aliphatic rings. The summed E-state index contributed by atoms with van der Waals surface area (Å²) in [6, 6.07) is 0. The molecule has 0 aromatic heterocycles. The molecule has 0 unspecified atom stereocenters. The van der Waals surface area contributed by atoms with E-state index in [1.54, 1.807) is 0 Å². The number of carbonyl (C=O) groups excluding carboxylic acids is 1. The molecule has 5 rings (SSSR count). The van der Waals surface area contributed by atoms with E-state index in [0.29, 0.717) is 22.6 Å². The van der Waals surface area contributed by atoms with Gasteiger partial charge in [0.05, 0.1) is 12.2 Å². The van der Waals surface area contributed by atoms with E-state index in [9.17, 15) is 4.79 Å². The van der Waals surface area contributed by atoms with Gasteiger partial charge in [-0.15, -0.1) is 0 Å². The topological polar surface area (TPSA) is 44.8 Å². The van der Waals surface area contributed by atoms with Gasteiger partial charge in [0, 0.05) is 16.7 Å². The molecule has 3 aliphatic carbocycles. The van der Waals surface area contributed by atoms with Crippen molar-refractivity contribution >= 4 is 21.7 Å². The van der Waals surface area contributed by atoms with Crippen LogP contribution in [0.25, 0.3) is 0 Å². The molecule has 0 N–H and O–H groups in total. The highest BCUT2D eigenvalue weighted by Gasteiger charge is 2.73. The zero-order valence-corrected chi connectivity index (χ0v) is 12.5. The Morgan fingerprint density at radius 1 is 1.16 bits per heavy atom. The van der Waals surface area contributed by atoms with Crippen molar-refractivity contribution in [2.24, 2.45) is 23.7 Å². The molecule has 3 saturated carbocycles. The number of carbonyl (C=O) groups is 1. The molecule has 9 atom stereocenters. The number of Topliss-reactive ketones (excluding diaryl/α,β-unsaturated/α-hetero) is 1. The van der Waals surface area contributed by atoms with Gasteiger partial charge in [-0.1, -0.05) is 15.9 Å². The second-order valence-electron chi connectivity index (χ2n) is 7.10. The van der Waals surface area contributed by atoms with Gasteiger partial charge in [-0.25, -0.2) is 0 Å². The summed E-state index contributed by atoms with van der Waals surface area (Å²) in [6.45, 7) is 3.77. The lowest BCUT2D eigenvalue weighted by atomic mass is 9.68. The molecule has 2 saturated heterocycles. The molecule has 19 heavy (non-hydrogen) atoms. The minimum absolute atomic E-state index is 0.0528. The smallest absolute Gasteiger partial charge is 0.168 e. The first-order chi connectivity index (χ1) is 8.98. The van der Waals surface area contributed by atoms with Crippen LogP contribution in [0.4, 0.5) is 0 Å². The first kappa shape index (κ1) is 11.7. The fraction of sp³-hybridized carbons (Fsp3) is 0.929. The van der Waals surface area contributed by atoms with E-state index >= 15 is 0 Å². The lowest BCUT2D eigenvalue weighted by Gasteiger charge is -2.38. The van der Waals surface area contributed by atoms with Crippen molar-refractivity contribution in [1.82, 2.24) is 0 Å². The van der Waals surface area contributed by atoms with Crippen LogP contribution < -0.4 is 0 Å². The molecule has 2 heterocycles. The quantitative estimate of drug-likeness (QED) is 0.632. The van der Waals surface area contributed by atoms with Crippen LogP contribution in [0, 0.1) is 23.7 Å². The lowest BCUT2D eigenvalue weighted by molar-refractivity contribution is -0.159. The van der Waals surface area contributed by atoms with E-state index in [0.717, 1.165) is 6.42 Å². The SMILES string of the molecule is CC1(C)O[C@H]2[C@@H]3O[C@@H]4[C@@H](Br)[C@H]5C[C@@H]4[C@@H]3[C@H]5C(=O)[C@H]2O1. The largest absolute Gasteiger partial charge is 0.370 e. The van der Waals surface area contributed by atoms with Crippen LogP contribution >= 0.6 is 15.9 Å². The average molecular weight is 329 g/mol. The van der Waals surface area contributed by atoms with Crippen molar-refractivity contribution in [2.75, 3.05) is 0 Å². The minimum atomic E-state index is -0.664. The van der Waals surface area contributed by atoms with Crippen LogP contribution in [0.15, 0.2) is 0 Å². The van der Waals surface area contributed by atoms with Gasteiger partial charge in [-0.3, -0.25) is 4.79 Å². The van der Waals surface area contributed by atoms with Crippen molar-refractivity contribution in [1.29, 1.82) is 0 Å². The van der Waals surface area contributed by atoms with E-state index in [4.69, 9.17) is 14.2 Å².